The van der Waals surface area contributed by atoms with Gasteiger partial charge in [0.2, 0.25) is 5.95 Å². The van der Waals surface area contributed by atoms with Gasteiger partial charge >= 0.3 is 5.97 Å². The number of benzene rings is 1. The molecule has 5 heteroatoms. The highest BCUT2D eigenvalue weighted by Crippen LogP contribution is 2.16. The van der Waals surface area contributed by atoms with Crippen molar-refractivity contribution in [3.8, 4) is 0 Å². The molecule has 0 aliphatic carbocycles. The second kappa shape index (κ2) is 5.08. The molecule has 0 saturated carbocycles. The summed E-state index contributed by atoms with van der Waals surface area (Å²) >= 11 is 0. The summed E-state index contributed by atoms with van der Waals surface area (Å²) in [4.78, 5) is 18.5. The third kappa shape index (κ3) is 2.80. The van der Waals surface area contributed by atoms with Gasteiger partial charge in [0, 0.05) is 0 Å². The van der Waals surface area contributed by atoms with Crippen LogP contribution in [-0.2, 0) is 4.79 Å². The number of rotatable bonds is 5. The van der Waals surface area contributed by atoms with Crippen molar-refractivity contribution in [3.05, 3.63) is 24.3 Å². The Morgan fingerprint density at radius 1 is 1.44 bits per heavy atom. The molecule has 0 radical (unpaired) electrons. The van der Waals surface area contributed by atoms with Crippen LogP contribution in [0.5, 0.6) is 0 Å². The van der Waals surface area contributed by atoms with E-state index in [0.717, 1.165) is 11.0 Å². The number of carbonyl (C=O) groups is 1. The number of carboxylic acid groups (broad SMARTS) is 1. The Balaban J connectivity index is 2.17. The van der Waals surface area contributed by atoms with E-state index in [0.29, 0.717) is 18.3 Å². The Labute approximate surface area is 105 Å². The lowest BCUT2D eigenvalue weighted by Crippen LogP contribution is -2.31. The lowest BCUT2D eigenvalue weighted by atomic mass is 10.0. The molecule has 1 atom stereocenters. The summed E-state index contributed by atoms with van der Waals surface area (Å²) in [6, 6.07) is 6.98. The standard InChI is InChI=1S/C13H17N3O2/c1-8(2)7-11(12(17)18)16-13-14-9-5-3-4-6-10(9)15-13/h3-6,8,11H,7H2,1-2H3,(H,17,18)(H2,14,15,16). The first-order valence-electron chi connectivity index (χ1n) is 6.00. The number of imidazole rings is 1. The molecule has 96 valence electrons. The van der Waals surface area contributed by atoms with E-state index in [1.165, 1.54) is 0 Å². The van der Waals surface area contributed by atoms with Crippen molar-refractivity contribution in [2.75, 3.05) is 5.32 Å². The number of fused-ring (bicyclic) bond motifs is 1. The van der Waals surface area contributed by atoms with Crippen molar-refractivity contribution in [2.45, 2.75) is 26.3 Å². The number of nitrogens with zero attached hydrogens (tertiary/aromatic N) is 1. The number of H-pyrrole nitrogens is 1. The van der Waals surface area contributed by atoms with E-state index >= 15 is 0 Å². The third-order valence-corrected chi connectivity index (χ3v) is 2.71. The van der Waals surface area contributed by atoms with Gasteiger partial charge in [-0.2, -0.15) is 0 Å². The summed E-state index contributed by atoms with van der Waals surface area (Å²) in [6.07, 6.45) is 0.562. The molecule has 0 saturated heterocycles. The molecule has 5 nitrogen and oxygen atoms in total. The van der Waals surface area contributed by atoms with Gasteiger partial charge in [0.1, 0.15) is 6.04 Å². The van der Waals surface area contributed by atoms with Crippen molar-refractivity contribution in [1.82, 2.24) is 9.97 Å². The number of hydrogen-bond donors (Lipinski definition) is 3. The van der Waals surface area contributed by atoms with Gasteiger partial charge < -0.3 is 15.4 Å². The fraction of sp³-hybridized carbons (Fsp3) is 0.385. The number of anilines is 1. The fourth-order valence-corrected chi connectivity index (χ4v) is 1.88. The average Bonchev–Trinajstić information content (AvgIpc) is 2.69. The van der Waals surface area contributed by atoms with Crippen LogP contribution in [0.1, 0.15) is 20.3 Å². The highest BCUT2D eigenvalue weighted by Gasteiger charge is 2.19. The predicted octanol–water partition coefficient (Wildman–Crippen LogP) is 2.47. The lowest BCUT2D eigenvalue weighted by Gasteiger charge is -2.15. The number of aromatic nitrogens is 2. The molecule has 18 heavy (non-hydrogen) atoms. The molecule has 3 N–H and O–H groups in total. The molecule has 0 fully saturated rings. The van der Waals surface area contributed by atoms with Crippen molar-refractivity contribution in [2.24, 2.45) is 5.92 Å². The number of nitrogens with one attached hydrogen (secondary N) is 2. The third-order valence-electron chi connectivity index (χ3n) is 2.71. The van der Waals surface area contributed by atoms with Crippen molar-refractivity contribution in [1.29, 1.82) is 0 Å². The van der Waals surface area contributed by atoms with Crippen LogP contribution in [0, 0.1) is 5.92 Å². The van der Waals surface area contributed by atoms with Gasteiger partial charge in [0.05, 0.1) is 11.0 Å². The largest absolute Gasteiger partial charge is 0.480 e. The number of aromatic amines is 1. The second-order valence-electron chi connectivity index (χ2n) is 4.77. The topological polar surface area (TPSA) is 78.0 Å². The van der Waals surface area contributed by atoms with Gasteiger partial charge in [-0.05, 0) is 24.5 Å². The Bertz CT molecular complexity index is 515. The summed E-state index contributed by atoms with van der Waals surface area (Å²) < 4.78 is 0. The Morgan fingerprint density at radius 3 is 2.78 bits per heavy atom. The smallest absolute Gasteiger partial charge is 0.326 e. The first-order chi connectivity index (χ1) is 8.56. The molecule has 0 aliphatic heterocycles. The van der Waals surface area contributed by atoms with E-state index in [2.05, 4.69) is 15.3 Å². The number of carboxylic acids is 1. The van der Waals surface area contributed by atoms with Crippen LogP contribution in [0.4, 0.5) is 5.95 Å². The van der Waals surface area contributed by atoms with Crippen LogP contribution in [0.2, 0.25) is 0 Å². The van der Waals surface area contributed by atoms with Crippen LogP contribution in [0.15, 0.2) is 24.3 Å². The second-order valence-corrected chi connectivity index (χ2v) is 4.77. The number of para-hydroxylation sites is 2. The maximum absolute atomic E-state index is 11.2. The summed E-state index contributed by atoms with van der Waals surface area (Å²) in [7, 11) is 0. The molecule has 0 spiro atoms. The van der Waals surface area contributed by atoms with E-state index in [9.17, 15) is 4.79 Å². The minimum absolute atomic E-state index is 0.308. The quantitative estimate of drug-likeness (QED) is 0.758. The SMILES string of the molecule is CC(C)CC(Nc1nc2ccccc2[nH]1)C(=O)O. The lowest BCUT2D eigenvalue weighted by molar-refractivity contribution is -0.138. The van der Waals surface area contributed by atoms with Crippen LogP contribution in [-0.4, -0.2) is 27.1 Å². The Morgan fingerprint density at radius 2 is 2.17 bits per heavy atom. The predicted molar refractivity (Wildman–Crippen MR) is 70.6 cm³/mol. The Hall–Kier alpha value is -2.04. The first-order valence-corrected chi connectivity index (χ1v) is 6.00. The van der Waals surface area contributed by atoms with Gasteiger partial charge in [-0.1, -0.05) is 26.0 Å². The van der Waals surface area contributed by atoms with Gasteiger partial charge in [-0.15, -0.1) is 0 Å². The van der Waals surface area contributed by atoms with Crippen LogP contribution in [0.25, 0.3) is 11.0 Å². The Kier molecular flexibility index (Phi) is 3.50. The zero-order valence-electron chi connectivity index (χ0n) is 10.5. The maximum Gasteiger partial charge on any atom is 0.326 e. The number of hydrogen-bond acceptors (Lipinski definition) is 3. The zero-order valence-corrected chi connectivity index (χ0v) is 10.5. The minimum Gasteiger partial charge on any atom is -0.480 e. The van der Waals surface area contributed by atoms with E-state index in [1.807, 2.05) is 38.1 Å². The molecule has 0 aliphatic rings. The summed E-state index contributed by atoms with van der Waals surface area (Å²) in [5.74, 6) is -0.0450. The zero-order chi connectivity index (χ0) is 13.1. The molecule has 1 heterocycles. The van der Waals surface area contributed by atoms with Crippen molar-refractivity contribution < 1.29 is 9.90 Å². The molecule has 2 rings (SSSR count). The normalized spacial score (nSPS) is 12.8. The van der Waals surface area contributed by atoms with E-state index < -0.39 is 12.0 Å². The van der Waals surface area contributed by atoms with Gasteiger partial charge in [-0.3, -0.25) is 0 Å². The van der Waals surface area contributed by atoms with Gasteiger partial charge in [0.15, 0.2) is 0 Å². The first kappa shape index (κ1) is 12.4. The molecule has 2 aromatic rings. The minimum atomic E-state index is -0.857. The molecule has 1 unspecified atom stereocenters. The fourth-order valence-electron chi connectivity index (χ4n) is 1.88. The van der Waals surface area contributed by atoms with Gasteiger partial charge in [0.25, 0.3) is 0 Å². The van der Waals surface area contributed by atoms with Crippen LogP contribution >= 0.6 is 0 Å². The highest BCUT2D eigenvalue weighted by molar-refractivity contribution is 5.80. The van der Waals surface area contributed by atoms with Crippen LogP contribution in [0.3, 0.4) is 0 Å². The van der Waals surface area contributed by atoms with Gasteiger partial charge in [-0.25, -0.2) is 9.78 Å². The molecule has 1 aromatic carbocycles. The molecule has 0 bridgehead atoms. The van der Waals surface area contributed by atoms with E-state index in [4.69, 9.17) is 5.11 Å². The molecular weight excluding hydrogens is 230 g/mol. The summed E-state index contributed by atoms with van der Waals surface area (Å²) in [5, 5.41) is 12.1. The van der Waals surface area contributed by atoms with Crippen LogP contribution < -0.4 is 5.32 Å². The summed E-state index contributed by atoms with van der Waals surface area (Å²) in [5.41, 5.74) is 1.72. The maximum atomic E-state index is 11.2. The van der Waals surface area contributed by atoms with E-state index in [-0.39, 0.29) is 0 Å². The van der Waals surface area contributed by atoms with Crippen molar-refractivity contribution >= 4 is 23.0 Å². The molecule has 1 aromatic heterocycles. The van der Waals surface area contributed by atoms with Crippen molar-refractivity contribution in [3.63, 3.8) is 0 Å². The highest BCUT2D eigenvalue weighted by atomic mass is 16.4. The molecular formula is C13H17N3O2. The average molecular weight is 247 g/mol. The summed E-state index contributed by atoms with van der Waals surface area (Å²) in [6.45, 7) is 3.99. The molecule has 0 amide bonds. The van der Waals surface area contributed by atoms with E-state index in [1.54, 1.807) is 0 Å². The monoisotopic (exact) mass is 247 g/mol. The number of aliphatic carboxylic acids is 1.